The fourth-order valence-electron chi connectivity index (χ4n) is 0.810. The van der Waals surface area contributed by atoms with Crippen molar-refractivity contribution in [3.63, 3.8) is 0 Å². The Morgan fingerprint density at radius 1 is 0.375 bits per heavy atom. The Labute approximate surface area is 185 Å². The Balaban J connectivity index is -0.0000000960. The Hall–Kier alpha value is -3.52. The molecule has 0 aromatic rings. The summed E-state index contributed by atoms with van der Waals surface area (Å²) in [5.41, 5.74) is 9.81. The van der Waals surface area contributed by atoms with E-state index in [4.69, 9.17) is 11.5 Å². The number of esters is 8. The van der Waals surface area contributed by atoms with Crippen molar-refractivity contribution in [3.8, 4) is 0 Å². The number of hydrogen-bond donors (Lipinski definition) is 2. The molecule has 0 amide bonds. The van der Waals surface area contributed by atoms with Crippen LogP contribution in [0.15, 0.2) is 0 Å². The lowest BCUT2D eigenvalue weighted by Crippen LogP contribution is -2.11. The van der Waals surface area contributed by atoms with Gasteiger partial charge in [0, 0.05) is 68.5 Å². The molecule has 0 rings (SSSR count). The first-order valence-corrected chi connectivity index (χ1v) is 8.58. The SMILES string of the molecule is CC(=O)OC(C)=O.CC(=O)OC(C)=O.CC(=O)OC(C)=O.CC(=O)OC(C)=O.NCCN. The van der Waals surface area contributed by atoms with Crippen LogP contribution in [0.4, 0.5) is 0 Å². The third-order valence-electron chi connectivity index (χ3n) is 1.32. The van der Waals surface area contributed by atoms with Gasteiger partial charge in [0.25, 0.3) is 0 Å². The van der Waals surface area contributed by atoms with Crippen molar-refractivity contribution in [1.82, 2.24) is 0 Å². The molecule has 0 aliphatic carbocycles. The van der Waals surface area contributed by atoms with Crippen LogP contribution < -0.4 is 11.5 Å². The summed E-state index contributed by atoms with van der Waals surface area (Å²) >= 11 is 0. The fraction of sp³-hybridized carbons (Fsp3) is 0.556. The van der Waals surface area contributed by atoms with Crippen molar-refractivity contribution < 1.29 is 57.3 Å². The molecule has 0 aromatic heterocycles. The molecule has 4 N–H and O–H groups in total. The van der Waals surface area contributed by atoms with Gasteiger partial charge in [0.05, 0.1) is 0 Å². The van der Waals surface area contributed by atoms with Crippen molar-refractivity contribution in [3.05, 3.63) is 0 Å². The van der Waals surface area contributed by atoms with Gasteiger partial charge in [-0.25, -0.2) is 0 Å². The predicted molar refractivity (Wildman–Crippen MR) is 108 cm³/mol. The molecule has 14 heteroatoms. The molecular weight excluding hydrogens is 436 g/mol. The van der Waals surface area contributed by atoms with Crippen molar-refractivity contribution >= 4 is 47.8 Å². The second-order valence-electron chi connectivity index (χ2n) is 4.92. The van der Waals surface area contributed by atoms with Gasteiger partial charge < -0.3 is 30.4 Å². The molecule has 0 saturated heterocycles. The van der Waals surface area contributed by atoms with E-state index in [1.807, 2.05) is 0 Å². The van der Waals surface area contributed by atoms with E-state index < -0.39 is 47.8 Å². The maximum atomic E-state index is 9.81. The Bertz CT molecular complexity index is 475. The van der Waals surface area contributed by atoms with E-state index in [0.717, 1.165) is 0 Å². The van der Waals surface area contributed by atoms with Crippen molar-refractivity contribution in [2.45, 2.75) is 55.4 Å². The summed E-state index contributed by atoms with van der Waals surface area (Å²) < 4.78 is 15.9. The molecule has 0 aliphatic heterocycles. The van der Waals surface area contributed by atoms with E-state index in [2.05, 4.69) is 18.9 Å². The van der Waals surface area contributed by atoms with Gasteiger partial charge in [0.2, 0.25) is 0 Å². The van der Waals surface area contributed by atoms with Crippen LogP contribution in [0.2, 0.25) is 0 Å². The van der Waals surface area contributed by atoms with Crippen LogP contribution in [0.25, 0.3) is 0 Å². The highest BCUT2D eigenvalue weighted by molar-refractivity contribution is 5.83. The Morgan fingerprint density at radius 2 is 0.469 bits per heavy atom. The standard InChI is InChI=1S/4C4H6O3.C2H8N2/c4*1-3(5)7-4(2)6;3-1-2-4/h4*1-2H3;1-4H2. The molecular formula is C18H32N2O12. The highest BCUT2D eigenvalue weighted by Crippen LogP contribution is 1.75. The molecule has 14 nitrogen and oxygen atoms in total. The number of carbonyl (C=O) groups excluding carboxylic acids is 8. The van der Waals surface area contributed by atoms with Crippen LogP contribution in [0.3, 0.4) is 0 Å². The lowest BCUT2D eigenvalue weighted by molar-refractivity contribution is -0.158. The summed E-state index contributed by atoms with van der Waals surface area (Å²) in [4.78, 5) is 78.5. The minimum atomic E-state index is -0.562. The van der Waals surface area contributed by atoms with Crippen LogP contribution in [0.1, 0.15) is 55.4 Å². The fourth-order valence-corrected chi connectivity index (χ4v) is 0.810. The van der Waals surface area contributed by atoms with E-state index in [9.17, 15) is 38.4 Å². The summed E-state index contributed by atoms with van der Waals surface area (Å²) in [6.07, 6.45) is 0. The molecule has 0 heterocycles. The van der Waals surface area contributed by atoms with Gasteiger partial charge in [0.1, 0.15) is 0 Å². The van der Waals surface area contributed by atoms with Crippen LogP contribution in [0, 0.1) is 0 Å². The maximum absolute atomic E-state index is 9.81. The van der Waals surface area contributed by atoms with Crippen LogP contribution in [-0.4, -0.2) is 60.8 Å². The summed E-state index contributed by atoms with van der Waals surface area (Å²) in [5.74, 6) is -4.50. The Kier molecular flexibility index (Phi) is 33.5. The molecule has 0 aromatic carbocycles. The van der Waals surface area contributed by atoms with E-state index >= 15 is 0 Å². The summed E-state index contributed by atoms with van der Waals surface area (Å²) in [5, 5.41) is 0. The second-order valence-corrected chi connectivity index (χ2v) is 4.92. The number of nitrogens with two attached hydrogens (primary N) is 2. The molecule has 0 saturated carbocycles. The lowest BCUT2D eigenvalue weighted by atomic mass is 10.7. The van der Waals surface area contributed by atoms with Crippen molar-refractivity contribution in [2.24, 2.45) is 11.5 Å². The second kappa shape index (κ2) is 27.5. The zero-order chi connectivity index (χ0) is 26.9. The third-order valence-corrected chi connectivity index (χ3v) is 1.32. The molecule has 0 aliphatic rings. The zero-order valence-electron chi connectivity index (χ0n) is 19.5. The summed E-state index contributed by atoms with van der Waals surface area (Å²) in [7, 11) is 0. The normalized spacial score (nSPS) is 7.69. The average molecular weight is 468 g/mol. The number of ether oxygens (including phenoxy) is 4. The number of rotatable bonds is 1. The topological polar surface area (TPSA) is 226 Å². The van der Waals surface area contributed by atoms with E-state index in [1.54, 1.807) is 0 Å². The van der Waals surface area contributed by atoms with Crippen molar-refractivity contribution in [1.29, 1.82) is 0 Å². The van der Waals surface area contributed by atoms with Crippen LogP contribution in [-0.2, 0) is 57.3 Å². The number of hydrogen-bond acceptors (Lipinski definition) is 14. The highest BCUT2D eigenvalue weighted by Gasteiger charge is 1.95. The van der Waals surface area contributed by atoms with Gasteiger partial charge in [-0.05, 0) is 0 Å². The first-order valence-electron chi connectivity index (χ1n) is 8.58. The molecule has 32 heavy (non-hydrogen) atoms. The monoisotopic (exact) mass is 468 g/mol. The minimum absolute atomic E-state index is 0.562. The first kappa shape index (κ1) is 39.0. The molecule has 0 fully saturated rings. The van der Waals surface area contributed by atoms with Gasteiger partial charge in [0.15, 0.2) is 0 Å². The lowest BCUT2D eigenvalue weighted by Gasteiger charge is -1.87. The van der Waals surface area contributed by atoms with Gasteiger partial charge >= 0.3 is 47.8 Å². The zero-order valence-corrected chi connectivity index (χ0v) is 19.5. The molecule has 0 atom stereocenters. The van der Waals surface area contributed by atoms with Crippen molar-refractivity contribution in [2.75, 3.05) is 13.1 Å². The largest absolute Gasteiger partial charge is 0.394 e. The van der Waals surface area contributed by atoms with E-state index in [1.165, 1.54) is 55.4 Å². The Morgan fingerprint density at radius 3 is 0.469 bits per heavy atom. The van der Waals surface area contributed by atoms with Crippen LogP contribution in [0.5, 0.6) is 0 Å². The molecule has 0 bridgehead atoms. The molecule has 0 radical (unpaired) electrons. The van der Waals surface area contributed by atoms with Gasteiger partial charge in [-0.2, -0.15) is 0 Å². The smallest absolute Gasteiger partial charge is 0.310 e. The average Bonchev–Trinajstić information content (AvgIpc) is 2.51. The first-order chi connectivity index (χ1) is 14.4. The van der Waals surface area contributed by atoms with E-state index in [-0.39, 0.29) is 0 Å². The summed E-state index contributed by atoms with van der Waals surface area (Å²) in [6.45, 7) is 10.6. The minimum Gasteiger partial charge on any atom is -0.394 e. The van der Waals surface area contributed by atoms with Gasteiger partial charge in [-0.15, -0.1) is 0 Å². The maximum Gasteiger partial charge on any atom is 0.310 e. The number of carbonyl (C=O) groups is 8. The van der Waals surface area contributed by atoms with Gasteiger partial charge in [-0.3, -0.25) is 38.4 Å². The quantitative estimate of drug-likeness (QED) is 0.275. The van der Waals surface area contributed by atoms with Gasteiger partial charge in [-0.1, -0.05) is 0 Å². The molecule has 0 unspecified atom stereocenters. The third kappa shape index (κ3) is 94.6. The van der Waals surface area contributed by atoms with E-state index in [0.29, 0.717) is 13.1 Å². The molecule has 0 spiro atoms. The molecule has 186 valence electrons. The summed E-state index contributed by atoms with van der Waals surface area (Å²) in [6, 6.07) is 0. The highest BCUT2D eigenvalue weighted by atomic mass is 16.6. The predicted octanol–water partition coefficient (Wildman–Crippen LogP) is -0.712. The van der Waals surface area contributed by atoms with Crippen LogP contribution >= 0.6 is 0 Å².